The molecule has 5 aliphatic heterocycles. The van der Waals surface area contributed by atoms with Crippen LogP contribution < -0.4 is 0 Å². The summed E-state index contributed by atoms with van der Waals surface area (Å²) in [5.41, 5.74) is -3.41. The van der Waals surface area contributed by atoms with E-state index in [1.54, 1.807) is 48.0 Å². The maximum atomic E-state index is 13.4. The minimum absolute atomic E-state index is 0.0638. The minimum Gasteiger partial charge on any atom is -0.458 e. The van der Waals surface area contributed by atoms with Crippen LogP contribution in [0.3, 0.4) is 0 Å². The summed E-state index contributed by atoms with van der Waals surface area (Å²) in [4.78, 5) is 26.6. The Hall–Kier alpha value is -2.18. The van der Waals surface area contributed by atoms with Crippen LogP contribution in [0.4, 0.5) is 0 Å². The maximum absolute atomic E-state index is 13.4. The smallest absolute Gasteiger partial charge is 0.333 e. The monoisotopic (exact) mass is 1170 g/mol. The van der Waals surface area contributed by atoms with Gasteiger partial charge in [0.2, 0.25) is 0 Å². The van der Waals surface area contributed by atoms with Crippen molar-refractivity contribution in [3.05, 3.63) is 23.3 Å². The van der Waals surface area contributed by atoms with E-state index >= 15 is 0 Å². The third kappa shape index (κ3) is 11.7. The van der Waals surface area contributed by atoms with Crippen molar-refractivity contribution in [3.63, 3.8) is 0 Å². The quantitative estimate of drug-likeness (QED) is 0.0625. The summed E-state index contributed by atoms with van der Waals surface area (Å²) in [7, 11) is 4.71. The van der Waals surface area contributed by atoms with Gasteiger partial charge in [0.05, 0.1) is 61.5 Å². The summed E-state index contributed by atoms with van der Waals surface area (Å²) >= 11 is 0. The Morgan fingerprint density at radius 2 is 1.17 bits per heavy atom. The summed E-state index contributed by atoms with van der Waals surface area (Å²) in [6.07, 6.45) is -11.3. The topological polar surface area (TPSA) is 305 Å². The third-order valence-corrected chi connectivity index (χ3v) is 20.7. The maximum Gasteiger partial charge on any atom is 0.333 e. The van der Waals surface area contributed by atoms with E-state index in [1.807, 2.05) is 20.8 Å². The van der Waals surface area contributed by atoms with Crippen molar-refractivity contribution in [2.24, 2.45) is 22.7 Å². The Labute approximate surface area is 481 Å². The molecule has 0 amide bonds. The molecule has 29 atom stereocenters. The van der Waals surface area contributed by atoms with Crippen LogP contribution in [-0.2, 0) is 75.9 Å². The van der Waals surface area contributed by atoms with Crippen LogP contribution in [0.25, 0.3) is 0 Å². The van der Waals surface area contributed by atoms with Crippen LogP contribution in [-0.4, -0.2) is 228 Å². The molecule has 0 aromatic heterocycles. The fraction of sp³-hybridized carbons (Fsp3) is 0.898. The predicted octanol–water partition coefficient (Wildman–Crippen LogP) is 2.54. The van der Waals surface area contributed by atoms with Crippen LogP contribution in [0.5, 0.6) is 0 Å². The van der Waals surface area contributed by atoms with Crippen molar-refractivity contribution in [1.29, 1.82) is 0 Å². The Kier molecular flexibility index (Phi) is 20.0. The first-order valence-electron chi connectivity index (χ1n) is 29.7. The molecule has 23 nitrogen and oxygen atoms in total. The molecule has 23 heteroatoms. The van der Waals surface area contributed by atoms with E-state index in [-0.39, 0.29) is 37.6 Å². The highest BCUT2D eigenvalue weighted by atomic mass is 16.8. The Morgan fingerprint density at radius 3 is 1.68 bits per heavy atom. The van der Waals surface area contributed by atoms with Gasteiger partial charge < -0.3 is 102 Å². The molecule has 0 aromatic rings. The Morgan fingerprint density at radius 1 is 0.659 bits per heavy atom. The zero-order valence-electron chi connectivity index (χ0n) is 49.7. The minimum atomic E-state index is -1.68. The van der Waals surface area contributed by atoms with Gasteiger partial charge in [-0.15, -0.1) is 0 Å². The van der Waals surface area contributed by atoms with Gasteiger partial charge in [-0.2, -0.15) is 0 Å². The number of carbonyl (C=O) groups excluding carboxylic acids is 2. The number of rotatable bonds is 17. The van der Waals surface area contributed by atoms with Gasteiger partial charge in [0.25, 0.3) is 0 Å². The molecule has 5 saturated heterocycles. The average molecular weight is 1170 g/mol. The number of hydrogen-bond acceptors (Lipinski definition) is 23. The van der Waals surface area contributed by atoms with E-state index in [0.29, 0.717) is 50.5 Å². The van der Waals surface area contributed by atoms with Gasteiger partial charge in [-0.25, -0.2) is 4.79 Å². The lowest BCUT2D eigenvalue weighted by Crippen LogP contribution is -2.75. The molecule has 0 spiro atoms. The van der Waals surface area contributed by atoms with Gasteiger partial charge in [0, 0.05) is 69.8 Å². The Balaban J connectivity index is 0.763. The van der Waals surface area contributed by atoms with E-state index in [9.17, 15) is 45.3 Å². The molecule has 468 valence electrons. The molecule has 4 aliphatic carbocycles. The highest BCUT2D eigenvalue weighted by molar-refractivity contribution is 5.88. The van der Waals surface area contributed by atoms with Crippen LogP contribution in [0.2, 0.25) is 0 Å². The molecule has 9 aliphatic rings. The summed E-state index contributed by atoms with van der Waals surface area (Å²) in [6, 6.07) is 0. The molecule has 7 N–H and O–H groups in total. The van der Waals surface area contributed by atoms with Crippen LogP contribution in [0.15, 0.2) is 23.3 Å². The van der Waals surface area contributed by atoms with E-state index < -0.39 is 182 Å². The normalized spacial score (nSPS) is 50.8. The van der Waals surface area contributed by atoms with Gasteiger partial charge in [0.1, 0.15) is 71.9 Å². The zero-order valence-corrected chi connectivity index (χ0v) is 49.7. The lowest BCUT2D eigenvalue weighted by atomic mass is 9.43. The molecule has 8 fully saturated rings. The van der Waals surface area contributed by atoms with Crippen molar-refractivity contribution in [2.45, 2.75) is 285 Å². The zero-order chi connectivity index (χ0) is 59.5. The molecule has 82 heavy (non-hydrogen) atoms. The molecular weight excluding hydrogens is 1080 g/mol. The number of aliphatic hydroxyl groups excluding tert-OH is 5. The molecular formula is C59H94O23. The highest BCUT2D eigenvalue weighted by Crippen LogP contribution is 2.70. The van der Waals surface area contributed by atoms with Gasteiger partial charge in [-0.1, -0.05) is 31.6 Å². The van der Waals surface area contributed by atoms with Crippen LogP contribution in [0, 0.1) is 22.7 Å². The lowest BCUT2D eigenvalue weighted by molar-refractivity contribution is -0.358. The number of ketones is 1. The number of allylic oxidation sites excluding steroid dienone is 1. The number of hydrogen-bond donors (Lipinski definition) is 7. The number of Topliss-reactive ketones (excluding diaryl/α,β-unsaturated/α-hetero) is 1. The fourth-order valence-electron chi connectivity index (χ4n) is 15.8. The lowest BCUT2D eigenvalue weighted by Gasteiger charge is -2.66. The van der Waals surface area contributed by atoms with Crippen molar-refractivity contribution < 1.29 is 112 Å². The standard InChI is InChI=1S/C59H94O23/c1-13-27(2)54(66)78-42-25-41-56(8)17-15-34(20-33(56)14-18-58(41,67)59(68)19-16-35(28(3)61)57(42,59)9)76-44-22-37(69-10)52(30(5)73-44)81-46-23-38(70-11)51(31(6)74-46)80-43-21-36(62)50(29(4)72-43)79-45-24-39(71-12)53(32(7)75-45)82-55-49(65)48(64)47(63)40(26-60)77-55/h13-14,29-32,34-53,55,60,62-65,67-68H,15-26H2,1-12H3/b27-13+/t29-,30-,31-,32-,34+,35-,36+,37+,38+,39-,40-,41-,42-,43+,44+,45+,46+,47-,48+,49-,50-,51-,52-,53-,55+,56+,57+,58+,59-/m1/s1. The first kappa shape index (κ1) is 64.3. The third-order valence-electron chi connectivity index (χ3n) is 20.7. The van der Waals surface area contributed by atoms with Gasteiger partial charge in [-0.3, -0.25) is 4.79 Å². The molecule has 3 saturated carbocycles. The first-order valence-corrected chi connectivity index (χ1v) is 29.7. The van der Waals surface area contributed by atoms with Crippen molar-refractivity contribution in [3.8, 4) is 0 Å². The summed E-state index contributed by atoms with van der Waals surface area (Å²) < 4.78 is 87.4. The number of fused-ring (bicyclic) bond motifs is 5. The number of ether oxygens (including phenoxy) is 14. The fourth-order valence-corrected chi connectivity index (χ4v) is 15.8. The summed E-state index contributed by atoms with van der Waals surface area (Å²) in [5, 5.41) is 78.0. The van der Waals surface area contributed by atoms with Gasteiger partial charge in [-0.05, 0) is 98.8 Å². The van der Waals surface area contributed by atoms with E-state index in [0.717, 1.165) is 5.57 Å². The number of methoxy groups -OCH3 is 3. The molecule has 5 heterocycles. The second-order valence-electron chi connectivity index (χ2n) is 25.3. The van der Waals surface area contributed by atoms with E-state index in [2.05, 4.69) is 13.0 Å². The predicted molar refractivity (Wildman–Crippen MR) is 286 cm³/mol. The van der Waals surface area contributed by atoms with E-state index in [4.69, 9.17) is 66.3 Å². The number of carbonyl (C=O) groups is 2. The van der Waals surface area contributed by atoms with Crippen molar-refractivity contribution in [2.75, 3.05) is 27.9 Å². The highest BCUT2D eigenvalue weighted by Gasteiger charge is 2.77. The SMILES string of the molecule is C/C=C(\C)C(=O)O[C@@H]1C[C@@H]2[C@@]3(C)CC[C@H](O[C@H]4C[C@H](OC)[C@H](O[C@H]5C[C@H](OC)[C@H](O[C@H]6C[C@H](O)[C@H](O[C@H]7C[C@@H](OC)[C@H](O[C@@H]8O[C@H](CO)[C@@H](O)[C@H](O)[C@H]8O)[C@@H](C)O7)[C@@H](C)O6)[C@@H](C)O5)[C@@H](C)O4)CC3=CC[C@@]2(O)[C@@]2(O)CC[C@H](C(C)=O)[C@@]12C. The van der Waals surface area contributed by atoms with Crippen LogP contribution in [0.1, 0.15) is 133 Å². The molecule has 0 radical (unpaired) electrons. The summed E-state index contributed by atoms with van der Waals surface area (Å²) in [5.74, 6) is -1.62. The molecule has 0 aromatic carbocycles. The second-order valence-corrected chi connectivity index (χ2v) is 25.3. The first-order chi connectivity index (χ1) is 38.8. The number of aliphatic hydroxyl groups is 7. The summed E-state index contributed by atoms with van der Waals surface area (Å²) in [6.45, 7) is 15.6. The largest absolute Gasteiger partial charge is 0.458 e. The van der Waals surface area contributed by atoms with Gasteiger partial charge >= 0.3 is 5.97 Å². The Bertz CT molecular complexity index is 2260. The number of esters is 1. The molecule has 9 rings (SSSR count). The van der Waals surface area contributed by atoms with E-state index in [1.165, 1.54) is 14.0 Å². The van der Waals surface area contributed by atoms with Crippen molar-refractivity contribution in [1.82, 2.24) is 0 Å². The van der Waals surface area contributed by atoms with Crippen molar-refractivity contribution >= 4 is 11.8 Å². The molecule has 0 bridgehead atoms. The van der Waals surface area contributed by atoms with Gasteiger partial charge in [0.15, 0.2) is 31.5 Å². The molecule has 0 unspecified atom stereocenters. The van der Waals surface area contributed by atoms with Crippen LogP contribution >= 0.6 is 0 Å². The second kappa shape index (κ2) is 25.5. The average Bonchev–Trinajstić information content (AvgIpc) is 1.34.